The molecule has 98 valence electrons. The number of rotatable bonds is 2. The van der Waals surface area contributed by atoms with Gasteiger partial charge in [-0.1, -0.05) is 6.07 Å². The number of fused-ring (bicyclic) bond motifs is 1. The lowest BCUT2D eigenvalue weighted by Crippen LogP contribution is -1.92. The molecule has 1 atom stereocenters. The summed E-state index contributed by atoms with van der Waals surface area (Å²) in [5, 5.41) is -0.250. The molecule has 0 aliphatic rings. The maximum Gasteiger partial charge on any atom is 0.417 e. The molecule has 0 bridgehead atoms. The van der Waals surface area contributed by atoms with Crippen LogP contribution in [-0.4, -0.2) is 4.98 Å². The SMILES string of the molecule is Cc1cc(C(Cl)c2ccc3[nH]c(=O)oc3c2)sc1Br. The summed E-state index contributed by atoms with van der Waals surface area (Å²) >= 11 is 11.6. The lowest BCUT2D eigenvalue weighted by atomic mass is 10.1. The largest absolute Gasteiger partial charge is 0.417 e. The second-order valence-corrected chi connectivity index (χ2v) is 7.08. The first-order valence-corrected chi connectivity index (χ1v) is 7.62. The zero-order valence-electron chi connectivity index (χ0n) is 9.87. The molecule has 1 aromatic carbocycles. The third-order valence-corrected chi connectivity index (χ3v) is 5.68. The fraction of sp³-hybridized carbons (Fsp3) is 0.154. The van der Waals surface area contributed by atoms with Gasteiger partial charge < -0.3 is 4.42 Å². The zero-order valence-corrected chi connectivity index (χ0v) is 13.0. The van der Waals surface area contributed by atoms with Crippen molar-refractivity contribution in [1.29, 1.82) is 0 Å². The highest BCUT2D eigenvalue weighted by Crippen LogP contribution is 2.38. The Labute approximate surface area is 126 Å². The molecule has 6 heteroatoms. The Kier molecular flexibility index (Phi) is 3.28. The summed E-state index contributed by atoms with van der Waals surface area (Å²) in [5.74, 6) is -0.451. The number of halogens is 2. The summed E-state index contributed by atoms with van der Waals surface area (Å²) in [7, 11) is 0. The summed E-state index contributed by atoms with van der Waals surface area (Å²) in [4.78, 5) is 14.8. The summed E-state index contributed by atoms with van der Waals surface area (Å²) in [6, 6.07) is 7.56. The molecule has 3 aromatic rings. The first kappa shape index (κ1) is 13.0. The lowest BCUT2D eigenvalue weighted by molar-refractivity contribution is 0.555. The van der Waals surface area contributed by atoms with Gasteiger partial charge in [0.1, 0.15) is 0 Å². The Hall–Kier alpha value is -1.04. The van der Waals surface area contributed by atoms with E-state index < -0.39 is 5.76 Å². The van der Waals surface area contributed by atoms with Crippen molar-refractivity contribution in [2.75, 3.05) is 0 Å². The molecule has 3 rings (SSSR count). The van der Waals surface area contributed by atoms with Crippen LogP contribution in [0.15, 0.2) is 37.3 Å². The molecule has 0 saturated carbocycles. The van der Waals surface area contributed by atoms with E-state index in [2.05, 4.69) is 27.0 Å². The van der Waals surface area contributed by atoms with Crippen LogP contribution in [0.3, 0.4) is 0 Å². The van der Waals surface area contributed by atoms with Gasteiger partial charge >= 0.3 is 5.76 Å². The number of aromatic nitrogens is 1. The van der Waals surface area contributed by atoms with Crippen molar-refractivity contribution in [3.05, 3.63) is 54.6 Å². The smallest absolute Gasteiger partial charge is 0.408 e. The number of hydrogen-bond donors (Lipinski definition) is 1. The van der Waals surface area contributed by atoms with Crippen molar-refractivity contribution < 1.29 is 4.42 Å². The van der Waals surface area contributed by atoms with Gasteiger partial charge in [0.2, 0.25) is 0 Å². The van der Waals surface area contributed by atoms with Crippen molar-refractivity contribution >= 4 is 50.0 Å². The molecule has 19 heavy (non-hydrogen) atoms. The minimum atomic E-state index is -0.451. The first-order valence-electron chi connectivity index (χ1n) is 5.57. The van der Waals surface area contributed by atoms with Crippen LogP contribution in [0.4, 0.5) is 0 Å². The summed E-state index contributed by atoms with van der Waals surface area (Å²) < 4.78 is 6.13. The van der Waals surface area contributed by atoms with Crippen LogP contribution in [0.5, 0.6) is 0 Å². The van der Waals surface area contributed by atoms with Crippen molar-refractivity contribution in [3.8, 4) is 0 Å². The molecule has 0 amide bonds. The van der Waals surface area contributed by atoms with E-state index in [1.807, 2.05) is 13.0 Å². The van der Waals surface area contributed by atoms with Crippen molar-refractivity contribution in [1.82, 2.24) is 4.98 Å². The maximum atomic E-state index is 11.1. The Bertz CT molecular complexity index is 785. The predicted molar refractivity (Wildman–Crippen MR) is 81.3 cm³/mol. The van der Waals surface area contributed by atoms with Crippen molar-refractivity contribution in [2.45, 2.75) is 12.3 Å². The molecule has 0 aliphatic carbocycles. The third kappa shape index (κ3) is 2.38. The van der Waals surface area contributed by atoms with Crippen molar-refractivity contribution in [2.24, 2.45) is 0 Å². The van der Waals surface area contributed by atoms with Gasteiger partial charge in [-0.3, -0.25) is 4.98 Å². The fourth-order valence-electron chi connectivity index (χ4n) is 1.89. The van der Waals surface area contributed by atoms with Crippen LogP contribution in [0.25, 0.3) is 11.1 Å². The van der Waals surface area contributed by atoms with Gasteiger partial charge in [-0.15, -0.1) is 22.9 Å². The van der Waals surface area contributed by atoms with Gasteiger partial charge in [-0.25, -0.2) is 4.79 Å². The number of benzene rings is 1. The topological polar surface area (TPSA) is 46.0 Å². The van der Waals surface area contributed by atoms with Gasteiger partial charge in [0.25, 0.3) is 0 Å². The van der Waals surface area contributed by atoms with Crippen LogP contribution < -0.4 is 5.76 Å². The summed E-state index contributed by atoms with van der Waals surface area (Å²) in [5.41, 5.74) is 3.28. The predicted octanol–water partition coefficient (Wildman–Crippen LogP) is 4.58. The molecule has 1 unspecified atom stereocenters. The molecule has 1 N–H and O–H groups in total. The summed E-state index contributed by atoms with van der Waals surface area (Å²) in [6.45, 7) is 2.03. The number of aryl methyl sites for hydroxylation is 1. The molecular formula is C13H9BrClNO2S. The molecule has 2 aromatic heterocycles. The average Bonchev–Trinajstić information content (AvgIpc) is 2.90. The molecule has 0 fully saturated rings. The Morgan fingerprint density at radius 3 is 2.89 bits per heavy atom. The van der Waals surface area contributed by atoms with Gasteiger partial charge in [-0.2, -0.15) is 0 Å². The number of alkyl halides is 1. The average molecular weight is 359 g/mol. The minimum absolute atomic E-state index is 0.250. The fourth-order valence-corrected chi connectivity index (χ4v) is 3.80. The van der Waals surface area contributed by atoms with Crippen LogP contribution in [0, 0.1) is 6.92 Å². The van der Waals surface area contributed by atoms with E-state index in [0.717, 1.165) is 14.2 Å². The Morgan fingerprint density at radius 2 is 2.21 bits per heavy atom. The highest BCUT2D eigenvalue weighted by Gasteiger charge is 2.16. The number of aromatic amines is 1. The zero-order chi connectivity index (χ0) is 13.6. The molecular weight excluding hydrogens is 350 g/mol. The molecule has 2 heterocycles. The molecule has 0 saturated heterocycles. The van der Waals surface area contributed by atoms with Crippen LogP contribution >= 0.6 is 38.9 Å². The Balaban J connectivity index is 2.05. The highest BCUT2D eigenvalue weighted by molar-refractivity contribution is 9.11. The first-order chi connectivity index (χ1) is 9.04. The molecule has 0 radical (unpaired) electrons. The highest BCUT2D eigenvalue weighted by atomic mass is 79.9. The minimum Gasteiger partial charge on any atom is -0.408 e. The van der Waals surface area contributed by atoms with Gasteiger partial charge in [0.15, 0.2) is 5.58 Å². The van der Waals surface area contributed by atoms with Crippen molar-refractivity contribution in [3.63, 3.8) is 0 Å². The quantitative estimate of drug-likeness (QED) is 0.681. The normalized spacial score (nSPS) is 13.0. The van der Waals surface area contributed by atoms with Gasteiger partial charge in [-0.05, 0) is 52.2 Å². The van der Waals surface area contributed by atoms with E-state index in [1.165, 1.54) is 5.56 Å². The standard InChI is InChI=1S/C13H9BrClNO2S/c1-6-4-10(19-12(6)14)11(15)7-2-3-8-9(5-7)18-13(17)16-8/h2-5,11H,1H3,(H,16,17). The number of hydrogen-bond acceptors (Lipinski definition) is 3. The molecule has 0 aliphatic heterocycles. The van der Waals surface area contributed by atoms with E-state index in [4.69, 9.17) is 16.0 Å². The maximum absolute atomic E-state index is 11.1. The van der Waals surface area contributed by atoms with E-state index in [-0.39, 0.29) is 5.38 Å². The number of H-pyrrole nitrogens is 1. The third-order valence-electron chi connectivity index (χ3n) is 2.86. The number of thiophene rings is 1. The second-order valence-electron chi connectivity index (χ2n) is 4.24. The lowest BCUT2D eigenvalue weighted by Gasteiger charge is -2.06. The summed E-state index contributed by atoms with van der Waals surface area (Å²) in [6.07, 6.45) is 0. The van der Waals surface area contributed by atoms with Gasteiger partial charge in [0, 0.05) is 4.88 Å². The van der Waals surface area contributed by atoms with Gasteiger partial charge in [0.05, 0.1) is 14.7 Å². The number of nitrogens with one attached hydrogen (secondary N) is 1. The van der Waals surface area contributed by atoms with Crippen LogP contribution in [0.1, 0.15) is 21.4 Å². The number of oxazole rings is 1. The van der Waals surface area contributed by atoms with E-state index in [9.17, 15) is 4.79 Å². The molecule has 0 spiro atoms. The Morgan fingerprint density at radius 1 is 1.42 bits per heavy atom. The van der Waals surface area contributed by atoms with Crippen LogP contribution in [0.2, 0.25) is 0 Å². The molecule has 3 nitrogen and oxygen atoms in total. The van der Waals surface area contributed by atoms with E-state index in [0.29, 0.717) is 11.1 Å². The second kappa shape index (κ2) is 4.81. The van der Waals surface area contributed by atoms with E-state index in [1.54, 1.807) is 23.5 Å². The van der Waals surface area contributed by atoms with Crippen LogP contribution in [-0.2, 0) is 0 Å². The van der Waals surface area contributed by atoms with E-state index >= 15 is 0 Å². The monoisotopic (exact) mass is 357 g/mol.